The van der Waals surface area contributed by atoms with E-state index in [4.69, 9.17) is 5.26 Å². The van der Waals surface area contributed by atoms with E-state index in [1.165, 1.54) is 6.92 Å². The average molecular weight is 202 g/mol. The molecular formula is C8H14N2O2S. The monoisotopic (exact) mass is 202 g/mol. The van der Waals surface area contributed by atoms with Crippen molar-refractivity contribution in [1.29, 1.82) is 5.26 Å². The van der Waals surface area contributed by atoms with E-state index in [0.29, 0.717) is 0 Å². The van der Waals surface area contributed by atoms with Gasteiger partial charge in [-0.1, -0.05) is 12.8 Å². The molecule has 4 nitrogen and oxygen atoms in total. The second-order valence-corrected chi connectivity index (χ2v) is 5.45. The number of hydrogen-bond donors (Lipinski definition) is 1. The number of hydrogen-bond acceptors (Lipinski definition) is 3. The minimum Gasteiger partial charge on any atom is -0.211 e. The molecule has 1 aliphatic rings. The van der Waals surface area contributed by atoms with Crippen molar-refractivity contribution in [1.82, 2.24) is 4.72 Å². The summed E-state index contributed by atoms with van der Waals surface area (Å²) < 4.78 is 25.3. The third-order valence-corrected chi connectivity index (χ3v) is 4.03. The number of rotatable bonds is 3. The van der Waals surface area contributed by atoms with Gasteiger partial charge in [-0.25, -0.2) is 13.1 Å². The summed E-state index contributed by atoms with van der Waals surface area (Å²) in [6.07, 6.45) is 3.96. The first kappa shape index (κ1) is 10.5. The van der Waals surface area contributed by atoms with Gasteiger partial charge in [-0.05, 0) is 19.8 Å². The van der Waals surface area contributed by atoms with Gasteiger partial charge in [-0.15, -0.1) is 0 Å². The maximum absolute atomic E-state index is 11.4. The van der Waals surface area contributed by atoms with E-state index in [9.17, 15) is 8.42 Å². The molecule has 0 radical (unpaired) electrons. The van der Waals surface area contributed by atoms with Crippen LogP contribution in [0, 0.1) is 11.3 Å². The van der Waals surface area contributed by atoms with Crippen molar-refractivity contribution in [3.63, 3.8) is 0 Å². The Labute approximate surface area is 79.0 Å². The number of sulfonamides is 1. The molecule has 0 saturated heterocycles. The van der Waals surface area contributed by atoms with Gasteiger partial charge in [0.25, 0.3) is 0 Å². The van der Waals surface area contributed by atoms with Crippen LogP contribution >= 0.6 is 0 Å². The first-order valence-corrected chi connectivity index (χ1v) is 6.01. The third kappa shape index (κ3) is 2.68. The first-order valence-electron chi connectivity index (χ1n) is 4.47. The fraction of sp³-hybridized carbons (Fsp3) is 0.875. The van der Waals surface area contributed by atoms with Crippen molar-refractivity contribution < 1.29 is 8.42 Å². The van der Waals surface area contributed by atoms with Crippen molar-refractivity contribution in [3.8, 4) is 6.07 Å². The van der Waals surface area contributed by atoms with Crippen molar-refractivity contribution >= 4 is 10.0 Å². The van der Waals surface area contributed by atoms with Gasteiger partial charge in [0.1, 0.15) is 0 Å². The van der Waals surface area contributed by atoms with Crippen LogP contribution in [-0.4, -0.2) is 19.7 Å². The second kappa shape index (κ2) is 4.07. The van der Waals surface area contributed by atoms with Gasteiger partial charge in [-0.3, -0.25) is 0 Å². The molecule has 1 N–H and O–H groups in total. The minimum absolute atomic E-state index is 0.0563. The van der Waals surface area contributed by atoms with Gasteiger partial charge < -0.3 is 0 Å². The van der Waals surface area contributed by atoms with Crippen LogP contribution in [0.4, 0.5) is 0 Å². The molecule has 0 spiro atoms. The lowest BCUT2D eigenvalue weighted by Crippen LogP contribution is -2.38. The number of nitrogens with one attached hydrogen (secondary N) is 1. The summed E-state index contributed by atoms with van der Waals surface area (Å²) in [6.45, 7) is 1.40. The lowest BCUT2D eigenvalue weighted by molar-refractivity contribution is 0.548. The molecule has 1 aliphatic carbocycles. The Morgan fingerprint density at radius 2 is 2.00 bits per heavy atom. The molecular weight excluding hydrogens is 188 g/mol. The highest BCUT2D eigenvalue weighted by Gasteiger charge is 2.25. The van der Waals surface area contributed by atoms with Gasteiger partial charge in [0.05, 0.1) is 6.07 Å². The molecule has 13 heavy (non-hydrogen) atoms. The predicted octanol–water partition coefficient (Wildman–Crippen LogP) is 0.760. The Balaban J connectivity index is 2.57. The molecule has 1 unspecified atom stereocenters. The number of nitrogens with zero attached hydrogens (tertiary/aromatic N) is 1. The molecule has 0 aromatic carbocycles. The predicted molar refractivity (Wildman–Crippen MR) is 49.4 cm³/mol. The van der Waals surface area contributed by atoms with Crippen LogP contribution in [0.1, 0.15) is 32.6 Å². The molecule has 0 bridgehead atoms. The Morgan fingerprint density at radius 1 is 1.46 bits per heavy atom. The van der Waals surface area contributed by atoms with Crippen LogP contribution in [0.25, 0.3) is 0 Å². The van der Waals surface area contributed by atoms with E-state index in [1.807, 2.05) is 0 Å². The zero-order valence-electron chi connectivity index (χ0n) is 7.66. The van der Waals surface area contributed by atoms with Crippen LogP contribution < -0.4 is 4.72 Å². The smallest absolute Gasteiger partial charge is 0.211 e. The summed E-state index contributed by atoms with van der Waals surface area (Å²) in [6, 6.07) is 1.78. The maximum atomic E-state index is 11.4. The SMILES string of the molecule is CC(C#N)S(=O)(=O)NC1CCCC1. The minimum atomic E-state index is -3.40. The summed E-state index contributed by atoms with van der Waals surface area (Å²) in [5.41, 5.74) is 0. The highest BCUT2D eigenvalue weighted by Crippen LogP contribution is 2.18. The lowest BCUT2D eigenvalue weighted by atomic mass is 10.3. The van der Waals surface area contributed by atoms with E-state index in [0.717, 1.165) is 25.7 Å². The van der Waals surface area contributed by atoms with E-state index in [2.05, 4.69) is 4.72 Å². The molecule has 0 amide bonds. The summed E-state index contributed by atoms with van der Waals surface area (Å²) >= 11 is 0. The van der Waals surface area contributed by atoms with Crippen molar-refractivity contribution in [2.75, 3.05) is 0 Å². The molecule has 1 atom stereocenters. The Morgan fingerprint density at radius 3 is 2.46 bits per heavy atom. The average Bonchev–Trinajstić information content (AvgIpc) is 2.54. The molecule has 1 rings (SSSR count). The van der Waals surface area contributed by atoms with Gasteiger partial charge in [0.2, 0.25) is 10.0 Å². The quantitative estimate of drug-likeness (QED) is 0.734. The Kier molecular flexibility index (Phi) is 3.28. The van der Waals surface area contributed by atoms with Crippen LogP contribution in [0.15, 0.2) is 0 Å². The van der Waals surface area contributed by atoms with E-state index < -0.39 is 15.3 Å². The van der Waals surface area contributed by atoms with Gasteiger partial charge in [0, 0.05) is 6.04 Å². The highest BCUT2D eigenvalue weighted by molar-refractivity contribution is 7.90. The maximum Gasteiger partial charge on any atom is 0.227 e. The Hall–Kier alpha value is -0.600. The van der Waals surface area contributed by atoms with E-state index in [-0.39, 0.29) is 6.04 Å². The summed E-state index contributed by atoms with van der Waals surface area (Å²) in [7, 11) is -3.40. The van der Waals surface area contributed by atoms with Crippen molar-refractivity contribution in [2.45, 2.75) is 43.9 Å². The summed E-state index contributed by atoms with van der Waals surface area (Å²) in [4.78, 5) is 0. The van der Waals surface area contributed by atoms with Gasteiger partial charge in [0.15, 0.2) is 5.25 Å². The standard InChI is InChI=1S/C8H14N2O2S/c1-7(6-9)13(11,12)10-8-4-2-3-5-8/h7-8,10H,2-5H2,1H3. The van der Waals surface area contributed by atoms with E-state index in [1.54, 1.807) is 6.07 Å². The first-order chi connectivity index (χ1) is 6.06. The van der Waals surface area contributed by atoms with Gasteiger partial charge in [-0.2, -0.15) is 5.26 Å². The summed E-state index contributed by atoms with van der Waals surface area (Å²) in [5.74, 6) is 0. The molecule has 0 heterocycles. The van der Waals surface area contributed by atoms with E-state index >= 15 is 0 Å². The molecule has 74 valence electrons. The molecule has 5 heteroatoms. The largest absolute Gasteiger partial charge is 0.227 e. The molecule has 1 saturated carbocycles. The molecule has 0 aliphatic heterocycles. The highest BCUT2D eigenvalue weighted by atomic mass is 32.2. The molecule has 0 aromatic heterocycles. The Bertz CT molecular complexity index is 299. The fourth-order valence-electron chi connectivity index (χ4n) is 1.45. The summed E-state index contributed by atoms with van der Waals surface area (Å²) in [5, 5.41) is 7.52. The number of nitriles is 1. The lowest BCUT2D eigenvalue weighted by Gasteiger charge is -2.13. The van der Waals surface area contributed by atoms with Crippen molar-refractivity contribution in [2.24, 2.45) is 0 Å². The van der Waals surface area contributed by atoms with Crippen molar-refractivity contribution in [3.05, 3.63) is 0 Å². The zero-order valence-corrected chi connectivity index (χ0v) is 8.47. The molecule has 0 aromatic rings. The van der Waals surface area contributed by atoms with Crippen LogP contribution in [-0.2, 0) is 10.0 Å². The third-order valence-electron chi connectivity index (χ3n) is 2.33. The van der Waals surface area contributed by atoms with Crippen LogP contribution in [0.5, 0.6) is 0 Å². The van der Waals surface area contributed by atoms with Crippen LogP contribution in [0.2, 0.25) is 0 Å². The topological polar surface area (TPSA) is 70.0 Å². The second-order valence-electron chi connectivity index (χ2n) is 3.42. The fourth-order valence-corrected chi connectivity index (χ4v) is 2.49. The molecule has 1 fully saturated rings. The zero-order chi connectivity index (χ0) is 9.90. The normalized spacial score (nSPS) is 21.2. The van der Waals surface area contributed by atoms with Crippen LogP contribution in [0.3, 0.4) is 0 Å². The van der Waals surface area contributed by atoms with Gasteiger partial charge >= 0.3 is 0 Å².